The lowest BCUT2D eigenvalue weighted by Crippen LogP contribution is -2.33. The molecule has 1 aromatic carbocycles. The van der Waals surface area contributed by atoms with Gasteiger partial charge in [-0.2, -0.15) is 0 Å². The van der Waals surface area contributed by atoms with Crippen LogP contribution in [-0.2, 0) is 0 Å². The van der Waals surface area contributed by atoms with Crippen molar-refractivity contribution in [2.24, 2.45) is 5.92 Å². The van der Waals surface area contributed by atoms with Crippen molar-refractivity contribution in [3.05, 3.63) is 36.0 Å². The second kappa shape index (κ2) is 4.53. The molecule has 0 saturated heterocycles. The molecule has 0 unspecified atom stereocenters. The second-order valence-electron chi connectivity index (χ2n) is 5.30. The number of hydrogen-bond donors (Lipinski definition) is 2. The topological polar surface area (TPSA) is 62.2 Å². The number of pyridine rings is 1. The van der Waals surface area contributed by atoms with Gasteiger partial charge in [0.05, 0.1) is 5.52 Å². The molecule has 1 heterocycles. The lowest BCUT2D eigenvalue weighted by molar-refractivity contribution is 0.0691. The van der Waals surface area contributed by atoms with Gasteiger partial charge in [0, 0.05) is 17.1 Å². The quantitative estimate of drug-likeness (QED) is 0.885. The number of aromatic nitrogens is 1. The smallest absolute Gasteiger partial charge is 0.354 e. The summed E-state index contributed by atoms with van der Waals surface area (Å²) in [6.07, 6.45) is 2.28. The Hall–Kier alpha value is -2.10. The van der Waals surface area contributed by atoms with E-state index in [-0.39, 0.29) is 5.69 Å². The Morgan fingerprint density at radius 1 is 1.37 bits per heavy atom. The highest BCUT2D eigenvalue weighted by Gasteiger charge is 2.25. The fraction of sp³-hybridized carbons (Fsp3) is 0.333. The van der Waals surface area contributed by atoms with Crippen molar-refractivity contribution in [2.75, 3.05) is 5.32 Å². The van der Waals surface area contributed by atoms with Gasteiger partial charge < -0.3 is 10.4 Å². The zero-order valence-electron chi connectivity index (χ0n) is 10.8. The van der Waals surface area contributed by atoms with E-state index in [1.54, 1.807) is 6.07 Å². The van der Waals surface area contributed by atoms with Crippen LogP contribution in [0.3, 0.4) is 0 Å². The number of nitrogens with one attached hydrogen (secondary N) is 1. The molecular formula is C15H16N2O2. The molecule has 0 atom stereocenters. The van der Waals surface area contributed by atoms with Crippen LogP contribution < -0.4 is 5.32 Å². The Morgan fingerprint density at radius 2 is 2.11 bits per heavy atom. The molecule has 0 radical (unpaired) electrons. The van der Waals surface area contributed by atoms with Gasteiger partial charge >= 0.3 is 5.97 Å². The van der Waals surface area contributed by atoms with E-state index in [4.69, 9.17) is 5.11 Å². The normalized spacial score (nSPS) is 21.9. The number of carbonyl (C=O) groups is 1. The fourth-order valence-corrected chi connectivity index (χ4v) is 2.64. The first-order valence-electron chi connectivity index (χ1n) is 6.53. The number of para-hydroxylation sites is 1. The highest BCUT2D eigenvalue weighted by Crippen LogP contribution is 2.32. The highest BCUT2D eigenvalue weighted by molar-refractivity contribution is 5.97. The van der Waals surface area contributed by atoms with Crippen molar-refractivity contribution in [3.8, 4) is 0 Å². The number of benzene rings is 1. The second-order valence-corrected chi connectivity index (χ2v) is 5.30. The average molecular weight is 256 g/mol. The number of hydrogen-bond acceptors (Lipinski definition) is 3. The standard InChI is InChI=1S/C15H16N2O2/c1-9-6-10(7-9)16-13-8-14(15(18)19)17-12-5-3-2-4-11(12)13/h2-5,8-10H,6-7H2,1H3,(H,16,17)(H,18,19). The maximum atomic E-state index is 11.1. The van der Waals surface area contributed by atoms with Gasteiger partial charge in [-0.3, -0.25) is 0 Å². The maximum Gasteiger partial charge on any atom is 0.354 e. The van der Waals surface area contributed by atoms with Crippen molar-refractivity contribution in [1.29, 1.82) is 0 Å². The van der Waals surface area contributed by atoms with Gasteiger partial charge in [-0.25, -0.2) is 9.78 Å². The summed E-state index contributed by atoms with van der Waals surface area (Å²) in [5, 5.41) is 13.5. The third kappa shape index (κ3) is 2.26. The first-order chi connectivity index (χ1) is 9.13. The number of nitrogens with zero attached hydrogens (tertiary/aromatic N) is 1. The number of carboxylic acid groups (broad SMARTS) is 1. The Bertz CT molecular complexity index is 633. The summed E-state index contributed by atoms with van der Waals surface area (Å²) in [4.78, 5) is 15.3. The Balaban J connectivity index is 2.02. The molecule has 1 aromatic heterocycles. The van der Waals surface area contributed by atoms with Crippen LogP contribution in [0.2, 0.25) is 0 Å². The number of rotatable bonds is 3. The number of aromatic carboxylic acids is 1. The largest absolute Gasteiger partial charge is 0.477 e. The van der Waals surface area contributed by atoms with Crippen LogP contribution >= 0.6 is 0 Å². The van der Waals surface area contributed by atoms with Gasteiger partial charge in [-0.05, 0) is 30.9 Å². The van der Waals surface area contributed by atoms with Crippen LogP contribution in [-0.4, -0.2) is 22.1 Å². The SMILES string of the molecule is CC1CC(Nc2cc(C(=O)O)nc3ccccc23)C1. The van der Waals surface area contributed by atoms with Crippen LogP contribution in [0.15, 0.2) is 30.3 Å². The van der Waals surface area contributed by atoms with Gasteiger partial charge in [0.1, 0.15) is 0 Å². The van der Waals surface area contributed by atoms with E-state index in [0.717, 1.165) is 35.3 Å². The number of carboxylic acids is 1. The molecule has 2 N–H and O–H groups in total. The number of fused-ring (bicyclic) bond motifs is 1. The van der Waals surface area contributed by atoms with Crippen LogP contribution in [0.25, 0.3) is 10.9 Å². The monoisotopic (exact) mass is 256 g/mol. The zero-order valence-corrected chi connectivity index (χ0v) is 10.8. The summed E-state index contributed by atoms with van der Waals surface area (Å²) in [5.74, 6) is -0.236. The molecule has 98 valence electrons. The van der Waals surface area contributed by atoms with Crippen LogP contribution in [0, 0.1) is 5.92 Å². The third-order valence-corrected chi connectivity index (χ3v) is 3.67. The van der Waals surface area contributed by atoms with Crippen LogP contribution in [0.5, 0.6) is 0 Å². The van der Waals surface area contributed by atoms with Gasteiger partial charge in [0.15, 0.2) is 5.69 Å². The first kappa shape index (κ1) is 12.0. The van der Waals surface area contributed by atoms with Gasteiger partial charge in [0.2, 0.25) is 0 Å². The Labute approximate surface area is 111 Å². The van der Waals surface area contributed by atoms with Crippen molar-refractivity contribution < 1.29 is 9.90 Å². The third-order valence-electron chi connectivity index (χ3n) is 3.67. The van der Waals surface area contributed by atoms with Gasteiger partial charge in [-0.1, -0.05) is 25.1 Å². The van der Waals surface area contributed by atoms with Crippen molar-refractivity contribution in [1.82, 2.24) is 4.98 Å². The van der Waals surface area contributed by atoms with Gasteiger partial charge in [-0.15, -0.1) is 0 Å². The van der Waals surface area contributed by atoms with Crippen LogP contribution in [0.4, 0.5) is 5.69 Å². The molecule has 1 fully saturated rings. The molecule has 3 rings (SSSR count). The van der Waals surface area contributed by atoms with Crippen molar-refractivity contribution in [2.45, 2.75) is 25.8 Å². The summed E-state index contributed by atoms with van der Waals surface area (Å²) in [6.45, 7) is 2.23. The summed E-state index contributed by atoms with van der Waals surface area (Å²) < 4.78 is 0. The Kier molecular flexibility index (Phi) is 2.85. The first-order valence-corrected chi connectivity index (χ1v) is 6.53. The summed E-state index contributed by atoms with van der Waals surface area (Å²) >= 11 is 0. The molecule has 4 heteroatoms. The fourth-order valence-electron chi connectivity index (χ4n) is 2.64. The summed E-state index contributed by atoms with van der Waals surface area (Å²) in [5.41, 5.74) is 1.69. The molecule has 0 aliphatic heterocycles. The average Bonchev–Trinajstić information content (AvgIpc) is 2.36. The van der Waals surface area contributed by atoms with Gasteiger partial charge in [0.25, 0.3) is 0 Å². The van der Waals surface area contributed by atoms with E-state index >= 15 is 0 Å². The molecule has 0 spiro atoms. The molecule has 19 heavy (non-hydrogen) atoms. The van der Waals surface area contributed by atoms with E-state index < -0.39 is 5.97 Å². The van der Waals surface area contributed by atoms with Crippen LogP contribution in [0.1, 0.15) is 30.3 Å². The van der Waals surface area contributed by atoms with E-state index in [1.807, 2.05) is 24.3 Å². The lowest BCUT2D eigenvalue weighted by atomic mass is 9.82. The molecule has 2 aromatic rings. The van der Waals surface area contributed by atoms with E-state index in [9.17, 15) is 4.79 Å². The highest BCUT2D eigenvalue weighted by atomic mass is 16.4. The minimum Gasteiger partial charge on any atom is -0.477 e. The predicted molar refractivity (Wildman–Crippen MR) is 74.5 cm³/mol. The molecule has 0 amide bonds. The molecule has 1 aliphatic carbocycles. The zero-order chi connectivity index (χ0) is 13.4. The molecular weight excluding hydrogens is 240 g/mol. The van der Waals surface area contributed by atoms with E-state index in [0.29, 0.717) is 6.04 Å². The molecule has 0 bridgehead atoms. The van der Waals surface area contributed by atoms with Crippen molar-refractivity contribution in [3.63, 3.8) is 0 Å². The van der Waals surface area contributed by atoms with Crippen molar-refractivity contribution >= 4 is 22.6 Å². The maximum absolute atomic E-state index is 11.1. The number of anilines is 1. The molecule has 1 aliphatic rings. The van der Waals surface area contributed by atoms with E-state index in [1.165, 1.54) is 0 Å². The molecule has 4 nitrogen and oxygen atoms in total. The minimum atomic E-state index is -0.990. The summed E-state index contributed by atoms with van der Waals surface area (Å²) in [6, 6.07) is 9.71. The van der Waals surface area contributed by atoms with E-state index in [2.05, 4.69) is 17.2 Å². The lowest BCUT2D eigenvalue weighted by Gasteiger charge is -2.34. The Morgan fingerprint density at radius 3 is 2.79 bits per heavy atom. The predicted octanol–water partition coefficient (Wildman–Crippen LogP) is 3.14. The minimum absolute atomic E-state index is 0.0913. The molecule has 1 saturated carbocycles. The summed E-state index contributed by atoms with van der Waals surface area (Å²) in [7, 11) is 0.